The van der Waals surface area contributed by atoms with E-state index in [0.29, 0.717) is 0 Å². The molecule has 21 heavy (non-hydrogen) atoms. The van der Waals surface area contributed by atoms with Gasteiger partial charge in [-0.05, 0) is 6.07 Å². The number of rotatable bonds is 4. The zero-order valence-electron chi connectivity index (χ0n) is 11.3. The summed E-state index contributed by atoms with van der Waals surface area (Å²) in [7, 11) is 2.88. The summed E-state index contributed by atoms with van der Waals surface area (Å²) in [6.07, 6.45) is 1.30. The Balaban J connectivity index is 2.24. The molecule has 0 aliphatic rings. The van der Waals surface area contributed by atoms with Gasteiger partial charge in [0.05, 0.1) is 30.9 Å². The summed E-state index contributed by atoms with van der Waals surface area (Å²) in [5.41, 5.74) is 5.71. The molecule has 0 saturated heterocycles. The number of nitrogen functional groups attached to an aromatic ring is 1. The monoisotopic (exact) mass is 309 g/mol. The lowest BCUT2D eigenvalue weighted by Crippen LogP contribution is -2.15. The van der Waals surface area contributed by atoms with Crippen LogP contribution in [0.4, 0.5) is 11.8 Å². The maximum atomic E-state index is 12.1. The van der Waals surface area contributed by atoms with E-state index in [1.807, 2.05) is 0 Å². The zero-order chi connectivity index (χ0) is 15.4. The SMILES string of the molecule is COc1cc(OC)nc(NC(=O)c2cnc(N)c(Cl)c2)n1. The van der Waals surface area contributed by atoms with Gasteiger partial charge in [0, 0.05) is 6.20 Å². The lowest BCUT2D eigenvalue weighted by Gasteiger charge is -2.08. The highest BCUT2D eigenvalue weighted by atomic mass is 35.5. The molecule has 0 saturated carbocycles. The van der Waals surface area contributed by atoms with Gasteiger partial charge in [-0.3, -0.25) is 10.1 Å². The highest BCUT2D eigenvalue weighted by Gasteiger charge is 2.12. The van der Waals surface area contributed by atoms with E-state index in [9.17, 15) is 4.79 Å². The molecule has 0 aliphatic carbocycles. The fourth-order valence-corrected chi connectivity index (χ4v) is 1.58. The van der Waals surface area contributed by atoms with E-state index < -0.39 is 5.91 Å². The molecule has 0 atom stereocenters. The third-order valence-electron chi connectivity index (χ3n) is 2.45. The highest BCUT2D eigenvalue weighted by Crippen LogP contribution is 2.19. The number of aromatic nitrogens is 3. The first kappa shape index (κ1) is 14.8. The van der Waals surface area contributed by atoms with Crippen LogP contribution in [0.3, 0.4) is 0 Å². The molecule has 0 aliphatic heterocycles. The number of halogens is 1. The van der Waals surface area contributed by atoms with E-state index in [1.54, 1.807) is 0 Å². The number of hydrogen-bond donors (Lipinski definition) is 2. The highest BCUT2D eigenvalue weighted by molar-refractivity contribution is 6.33. The Morgan fingerprint density at radius 3 is 2.38 bits per heavy atom. The lowest BCUT2D eigenvalue weighted by molar-refractivity contribution is 0.102. The van der Waals surface area contributed by atoms with Crippen molar-refractivity contribution in [2.45, 2.75) is 0 Å². The maximum Gasteiger partial charge on any atom is 0.259 e. The first-order valence-electron chi connectivity index (χ1n) is 5.73. The van der Waals surface area contributed by atoms with Crippen LogP contribution in [0.2, 0.25) is 5.02 Å². The molecule has 0 radical (unpaired) electrons. The fraction of sp³-hybridized carbons (Fsp3) is 0.167. The summed E-state index contributed by atoms with van der Waals surface area (Å²) in [4.78, 5) is 23.8. The van der Waals surface area contributed by atoms with Crippen LogP contribution in [-0.4, -0.2) is 35.1 Å². The van der Waals surface area contributed by atoms with Gasteiger partial charge in [-0.2, -0.15) is 9.97 Å². The molecule has 8 nitrogen and oxygen atoms in total. The summed E-state index contributed by atoms with van der Waals surface area (Å²) >= 11 is 5.82. The van der Waals surface area contributed by atoms with Gasteiger partial charge in [0.1, 0.15) is 5.82 Å². The van der Waals surface area contributed by atoms with Gasteiger partial charge in [0.25, 0.3) is 5.91 Å². The normalized spacial score (nSPS) is 10.0. The number of carbonyl (C=O) groups excluding carboxylic acids is 1. The number of carbonyl (C=O) groups is 1. The minimum absolute atomic E-state index is 0.0316. The molecular formula is C12H12ClN5O3. The molecule has 9 heteroatoms. The van der Waals surface area contributed by atoms with Gasteiger partial charge in [-0.25, -0.2) is 4.98 Å². The van der Waals surface area contributed by atoms with Crippen LogP contribution in [-0.2, 0) is 0 Å². The Kier molecular flexibility index (Phi) is 4.39. The topological polar surface area (TPSA) is 112 Å². The van der Waals surface area contributed by atoms with Crippen molar-refractivity contribution in [1.29, 1.82) is 0 Å². The largest absolute Gasteiger partial charge is 0.481 e. The molecule has 0 bridgehead atoms. The van der Waals surface area contributed by atoms with Crippen molar-refractivity contribution < 1.29 is 14.3 Å². The number of pyridine rings is 1. The van der Waals surface area contributed by atoms with Crippen LogP contribution < -0.4 is 20.5 Å². The van der Waals surface area contributed by atoms with Crippen LogP contribution in [0.25, 0.3) is 0 Å². The van der Waals surface area contributed by atoms with E-state index >= 15 is 0 Å². The number of nitrogens with zero attached hydrogens (tertiary/aromatic N) is 3. The Morgan fingerprint density at radius 1 is 1.24 bits per heavy atom. The van der Waals surface area contributed by atoms with Gasteiger partial charge in [-0.15, -0.1) is 0 Å². The van der Waals surface area contributed by atoms with Crippen LogP contribution >= 0.6 is 11.6 Å². The number of nitrogens with one attached hydrogen (secondary N) is 1. The molecule has 2 heterocycles. The van der Waals surface area contributed by atoms with Crippen LogP contribution in [0.1, 0.15) is 10.4 Å². The van der Waals surface area contributed by atoms with Crippen molar-refractivity contribution in [2.75, 3.05) is 25.3 Å². The number of methoxy groups -OCH3 is 2. The number of ether oxygens (including phenoxy) is 2. The van der Waals surface area contributed by atoms with Gasteiger partial charge < -0.3 is 15.2 Å². The van der Waals surface area contributed by atoms with Crippen molar-refractivity contribution in [3.8, 4) is 11.8 Å². The molecule has 2 aromatic heterocycles. The van der Waals surface area contributed by atoms with Crippen molar-refractivity contribution in [2.24, 2.45) is 0 Å². The summed E-state index contributed by atoms with van der Waals surface area (Å²) in [5, 5.41) is 2.68. The van der Waals surface area contributed by atoms with Crippen molar-refractivity contribution in [1.82, 2.24) is 15.0 Å². The Bertz CT molecular complexity index is 658. The average Bonchev–Trinajstić information content (AvgIpc) is 2.49. The van der Waals surface area contributed by atoms with E-state index in [1.165, 1.54) is 32.5 Å². The summed E-state index contributed by atoms with van der Waals surface area (Å²) in [6, 6.07) is 2.88. The van der Waals surface area contributed by atoms with E-state index in [-0.39, 0.29) is 34.1 Å². The predicted molar refractivity (Wildman–Crippen MR) is 76.7 cm³/mol. The molecule has 3 N–H and O–H groups in total. The van der Waals surface area contributed by atoms with Gasteiger partial charge in [-0.1, -0.05) is 11.6 Å². The van der Waals surface area contributed by atoms with Gasteiger partial charge in [0.2, 0.25) is 17.7 Å². The van der Waals surface area contributed by atoms with Gasteiger partial charge >= 0.3 is 0 Å². The minimum atomic E-state index is -0.486. The summed E-state index contributed by atoms with van der Waals surface area (Å²) in [6.45, 7) is 0. The average molecular weight is 310 g/mol. The molecule has 0 fully saturated rings. The smallest absolute Gasteiger partial charge is 0.259 e. The third kappa shape index (κ3) is 3.48. The number of amides is 1. The van der Waals surface area contributed by atoms with Crippen molar-refractivity contribution >= 4 is 29.3 Å². The first-order valence-corrected chi connectivity index (χ1v) is 6.10. The van der Waals surface area contributed by atoms with Crippen molar-refractivity contribution in [3.05, 3.63) is 28.9 Å². The van der Waals surface area contributed by atoms with E-state index in [2.05, 4.69) is 20.3 Å². The van der Waals surface area contributed by atoms with E-state index in [0.717, 1.165) is 0 Å². The summed E-state index contributed by atoms with van der Waals surface area (Å²) in [5.74, 6) is 0.201. The Morgan fingerprint density at radius 2 is 1.86 bits per heavy atom. The maximum absolute atomic E-state index is 12.1. The predicted octanol–water partition coefficient (Wildman–Crippen LogP) is 1.38. The van der Waals surface area contributed by atoms with Crippen LogP contribution in [0, 0.1) is 0 Å². The second kappa shape index (κ2) is 6.23. The van der Waals surface area contributed by atoms with E-state index in [4.69, 9.17) is 26.8 Å². The zero-order valence-corrected chi connectivity index (χ0v) is 12.0. The van der Waals surface area contributed by atoms with Crippen molar-refractivity contribution in [3.63, 3.8) is 0 Å². The second-order valence-electron chi connectivity index (χ2n) is 3.82. The number of nitrogens with two attached hydrogens (primary N) is 1. The molecule has 2 aromatic rings. The lowest BCUT2D eigenvalue weighted by atomic mass is 10.2. The Hall–Kier alpha value is -2.61. The molecule has 0 aromatic carbocycles. The first-order chi connectivity index (χ1) is 10.0. The van der Waals surface area contributed by atoms with Gasteiger partial charge in [0.15, 0.2) is 0 Å². The molecule has 110 valence electrons. The third-order valence-corrected chi connectivity index (χ3v) is 2.76. The number of anilines is 2. The Labute approximate surface area is 125 Å². The quantitative estimate of drug-likeness (QED) is 0.877. The number of hydrogen-bond acceptors (Lipinski definition) is 7. The van der Waals surface area contributed by atoms with Crippen LogP contribution in [0.15, 0.2) is 18.3 Å². The molecule has 0 spiro atoms. The summed E-state index contributed by atoms with van der Waals surface area (Å²) < 4.78 is 9.97. The molecule has 0 unspecified atom stereocenters. The molecular weight excluding hydrogens is 298 g/mol. The minimum Gasteiger partial charge on any atom is -0.481 e. The molecule has 2 rings (SSSR count). The molecule has 1 amide bonds. The standard InChI is InChI=1S/C12H12ClN5O3/c1-20-8-4-9(21-2)17-12(16-8)18-11(19)6-3-7(13)10(14)15-5-6/h3-5H,1-2H3,(H2,14,15)(H,16,17,18,19). The second-order valence-corrected chi connectivity index (χ2v) is 4.23. The fourth-order valence-electron chi connectivity index (χ4n) is 1.42. The van der Waals surface area contributed by atoms with Crippen LogP contribution in [0.5, 0.6) is 11.8 Å².